The molecule has 0 bridgehead atoms. The summed E-state index contributed by atoms with van der Waals surface area (Å²) in [5.41, 5.74) is 1.53. The highest BCUT2D eigenvalue weighted by atomic mass is 19.1. The lowest BCUT2D eigenvalue weighted by Crippen LogP contribution is -1.81. The molecule has 0 aliphatic rings. The number of aromatic amines is 1. The maximum Gasteiger partial charge on any atom is 0.192 e. The van der Waals surface area contributed by atoms with Gasteiger partial charge >= 0.3 is 0 Å². The molecule has 3 rings (SSSR count). The predicted octanol–water partition coefficient (Wildman–Crippen LogP) is 2.14. The lowest BCUT2D eigenvalue weighted by molar-refractivity contribution is 0.434. The number of benzene rings is 1. The molecule has 0 aliphatic heterocycles. The summed E-state index contributed by atoms with van der Waals surface area (Å²) in [4.78, 5) is 0. The van der Waals surface area contributed by atoms with Gasteiger partial charge in [-0.05, 0) is 24.3 Å². The van der Waals surface area contributed by atoms with E-state index in [4.69, 9.17) is 9.78 Å². The van der Waals surface area contributed by atoms with Crippen LogP contribution < -0.4 is 0 Å². The Balaban J connectivity index is 2.00. The van der Waals surface area contributed by atoms with Gasteiger partial charge in [0.25, 0.3) is 0 Å². The van der Waals surface area contributed by atoms with Crippen molar-refractivity contribution in [1.29, 1.82) is 5.26 Å². The van der Waals surface area contributed by atoms with Crippen LogP contribution in [0.15, 0.2) is 34.9 Å². The molecule has 19 heavy (non-hydrogen) atoms. The van der Waals surface area contributed by atoms with Gasteiger partial charge in [-0.25, -0.2) is 4.39 Å². The molecule has 92 valence electrons. The number of nitrogens with zero attached hydrogens (tertiary/aromatic N) is 4. The first-order chi connectivity index (χ1) is 9.28. The molecule has 7 heteroatoms. The van der Waals surface area contributed by atoms with Crippen molar-refractivity contribution in [2.24, 2.45) is 0 Å². The van der Waals surface area contributed by atoms with Gasteiger partial charge in [-0.3, -0.25) is 0 Å². The fourth-order valence-corrected chi connectivity index (χ4v) is 1.62. The van der Waals surface area contributed by atoms with Crippen molar-refractivity contribution in [3.05, 3.63) is 41.8 Å². The Labute approximate surface area is 106 Å². The van der Waals surface area contributed by atoms with Crippen molar-refractivity contribution in [1.82, 2.24) is 20.6 Å². The Bertz CT molecular complexity index is 753. The summed E-state index contributed by atoms with van der Waals surface area (Å²) < 4.78 is 18.0. The van der Waals surface area contributed by atoms with Crippen molar-refractivity contribution in [3.8, 4) is 28.8 Å². The normalized spacial score (nSPS) is 10.3. The number of halogens is 1. The average molecular weight is 255 g/mol. The van der Waals surface area contributed by atoms with Crippen LogP contribution in [0, 0.1) is 17.1 Å². The summed E-state index contributed by atoms with van der Waals surface area (Å²) >= 11 is 0. The number of nitrogens with one attached hydrogen (secondary N) is 1. The molecule has 2 aromatic heterocycles. The minimum atomic E-state index is -0.327. The van der Waals surface area contributed by atoms with E-state index in [2.05, 4.69) is 20.6 Å². The molecule has 0 saturated carbocycles. The summed E-state index contributed by atoms with van der Waals surface area (Å²) in [7, 11) is 0. The van der Waals surface area contributed by atoms with Crippen molar-refractivity contribution in [2.45, 2.75) is 0 Å². The van der Waals surface area contributed by atoms with Gasteiger partial charge in [0, 0.05) is 11.6 Å². The monoisotopic (exact) mass is 255 g/mol. The first-order valence-electron chi connectivity index (χ1n) is 5.32. The molecule has 0 amide bonds. The number of hydrogen-bond donors (Lipinski definition) is 1. The Morgan fingerprint density at radius 2 is 2.00 bits per heavy atom. The lowest BCUT2D eigenvalue weighted by Gasteiger charge is -1.93. The second-order valence-electron chi connectivity index (χ2n) is 3.72. The van der Waals surface area contributed by atoms with Gasteiger partial charge in [-0.1, -0.05) is 5.16 Å². The van der Waals surface area contributed by atoms with Gasteiger partial charge in [0.1, 0.15) is 17.6 Å². The zero-order chi connectivity index (χ0) is 13.2. The van der Waals surface area contributed by atoms with Crippen molar-refractivity contribution < 1.29 is 8.91 Å². The largest absolute Gasteiger partial charge is 0.356 e. The van der Waals surface area contributed by atoms with E-state index in [1.54, 1.807) is 18.2 Å². The van der Waals surface area contributed by atoms with E-state index in [0.29, 0.717) is 22.7 Å². The van der Waals surface area contributed by atoms with Gasteiger partial charge in [-0.2, -0.15) is 15.6 Å². The summed E-state index contributed by atoms with van der Waals surface area (Å²) in [5.74, 6) is 0.133. The Hall–Kier alpha value is -3.01. The molecule has 0 saturated heterocycles. The zero-order valence-electron chi connectivity index (χ0n) is 9.46. The van der Waals surface area contributed by atoms with Crippen LogP contribution in [0.2, 0.25) is 0 Å². The standard InChI is InChI=1S/C12H6FN5O/c13-8-3-1-7(2-4-8)11-5-9(17-19-11)12-10(6-14)15-18-16-12/h1-5H,(H,15,16,18). The topological polar surface area (TPSA) is 91.4 Å². The quantitative estimate of drug-likeness (QED) is 0.757. The SMILES string of the molecule is N#Cc1n[nH]nc1-c1cc(-c2ccc(F)cc2)on1. The Morgan fingerprint density at radius 3 is 2.74 bits per heavy atom. The summed E-state index contributed by atoms with van der Waals surface area (Å²) in [6.07, 6.45) is 0. The highest BCUT2D eigenvalue weighted by Gasteiger charge is 2.15. The lowest BCUT2D eigenvalue weighted by atomic mass is 10.1. The van der Waals surface area contributed by atoms with Gasteiger partial charge in [0.15, 0.2) is 17.1 Å². The van der Waals surface area contributed by atoms with Gasteiger partial charge < -0.3 is 4.52 Å². The number of hydrogen-bond acceptors (Lipinski definition) is 5. The first kappa shape index (κ1) is 11.1. The van der Waals surface area contributed by atoms with Crippen molar-refractivity contribution in [3.63, 3.8) is 0 Å². The van der Waals surface area contributed by atoms with Crippen LogP contribution in [0.1, 0.15) is 5.69 Å². The number of aromatic nitrogens is 4. The maximum absolute atomic E-state index is 12.8. The summed E-state index contributed by atoms with van der Waals surface area (Å²) in [5, 5.41) is 22.5. The van der Waals surface area contributed by atoms with Gasteiger partial charge in [-0.15, -0.1) is 5.10 Å². The minimum absolute atomic E-state index is 0.138. The molecule has 0 atom stereocenters. The van der Waals surface area contributed by atoms with E-state index >= 15 is 0 Å². The Morgan fingerprint density at radius 1 is 1.21 bits per heavy atom. The van der Waals surface area contributed by atoms with Crippen LogP contribution in [0.5, 0.6) is 0 Å². The molecule has 0 spiro atoms. The van der Waals surface area contributed by atoms with Gasteiger partial charge in [0.05, 0.1) is 0 Å². The third kappa shape index (κ3) is 1.95. The number of nitriles is 1. The predicted molar refractivity (Wildman–Crippen MR) is 62.0 cm³/mol. The molecular weight excluding hydrogens is 249 g/mol. The van der Waals surface area contributed by atoms with E-state index in [1.807, 2.05) is 6.07 Å². The van der Waals surface area contributed by atoms with Crippen LogP contribution >= 0.6 is 0 Å². The van der Waals surface area contributed by atoms with Crippen molar-refractivity contribution in [2.75, 3.05) is 0 Å². The third-order valence-electron chi connectivity index (χ3n) is 2.54. The van der Waals surface area contributed by atoms with E-state index in [1.165, 1.54) is 12.1 Å². The average Bonchev–Trinajstić information content (AvgIpc) is 3.07. The molecule has 1 aromatic carbocycles. The van der Waals surface area contributed by atoms with Gasteiger partial charge in [0.2, 0.25) is 0 Å². The smallest absolute Gasteiger partial charge is 0.192 e. The van der Waals surface area contributed by atoms with Crippen LogP contribution in [0.3, 0.4) is 0 Å². The number of rotatable bonds is 2. The van der Waals surface area contributed by atoms with Crippen molar-refractivity contribution >= 4 is 0 Å². The Kier molecular flexibility index (Phi) is 2.54. The second kappa shape index (κ2) is 4.34. The molecular formula is C12H6FN5O. The van der Waals surface area contributed by atoms with E-state index in [9.17, 15) is 4.39 Å². The fourth-order valence-electron chi connectivity index (χ4n) is 1.62. The summed E-state index contributed by atoms with van der Waals surface area (Å²) in [6.45, 7) is 0. The van der Waals surface area contributed by atoms with E-state index in [0.717, 1.165) is 0 Å². The molecule has 0 fully saturated rings. The molecule has 1 N–H and O–H groups in total. The maximum atomic E-state index is 12.8. The molecule has 6 nitrogen and oxygen atoms in total. The second-order valence-corrected chi connectivity index (χ2v) is 3.72. The van der Waals surface area contributed by atoms with E-state index in [-0.39, 0.29) is 11.5 Å². The van der Waals surface area contributed by atoms with E-state index < -0.39 is 0 Å². The molecule has 0 aliphatic carbocycles. The minimum Gasteiger partial charge on any atom is -0.356 e. The highest BCUT2D eigenvalue weighted by Crippen LogP contribution is 2.25. The number of H-pyrrole nitrogens is 1. The molecule has 3 aromatic rings. The van der Waals surface area contributed by atoms with Crippen LogP contribution in [0.25, 0.3) is 22.7 Å². The highest BCUT2D eigenvalue weighted by molar-refractivity contribution is 5.66. The molecule has 2 heterocycles. The third-order valence-corrected chi connectivity index (χ3v) is 2.54. The van der Waals surface area contributed by atoms with Crippen LogP contribution in [-0.2, 0) is 0 Å². The fraction of sp³-hybridized carbons (Fsp3) is 0. The van der Waals surface area contributed by atoms with Crippen LogP contribution in [0.4, 0.5) is 4.39 Å². The van der Waals surface area contributed by atoms with Crippen LogP contribution in [-0.4, -0.2) is 20.6 Å². The molecule has 0 unspecified atom stereocenters. The summed E-state index contributed by atoms with van der Waals surface area (Å²) in [6, 6.07) is 9.32. The molecule has 0 radical (unpaired) electrons. The first-order valence-corrected chi connectivity index (χ1v) is 5.32. The zero-order valence-corrected chi connectivity index (χ0v) is 9.46.